The van der Waals surface area contributed by atoms with Gasteiger partial charge in [-0.15, -0.1) is 0 Å². The SMILES string of the molecule is COc1ccc(C)cc1C1CS(=O)CCCN1. The van der Waals surface area contributed by atoms with Crippen molar-refractivity contribution < 1.29 is 8.95 Å². The number of ether oxygens (including phenoxy) is 1. The molecule has 94 valence electrons. The van der Waals surface area contributed by atoms with Gasteiger partial charge in [0, 0.05) is 33.9 Å². The second kappa shape index (κ2) is 5.65. The van der Waals surface area contributed by atoms with Crippen LogP contribution in [0.1, 0.15) is 23.6 Å². The third-order valence-electron chi connectivity index (χ3n) is 3.05. The minimum absolute atomic E-state index is 0.146. The second-order valence-electron chi connectivity index (χ2n) is 4.42. The Morgan fingerprint density at radius 1 is 1.47 bits per heavy atom. The lowest BCUT2D eigenvalue weighted by Crippen LogP contribution is -2.24. The molecule has 0 radical (unpaired) electrons. The maximum Gasteiger partial charge on any atom is 0.123 e. The Balaban J connectivity index is 2.30. The van der Waals surface area contributed by atoms with Crippen molar-refractivity contribution in [1.29, 1.82) is 0 Å². The summed E-state index contributed by atoms with van der Waals surface area (Å²) in [6.07, 6.45) is 0.983. The van der Waals surface area contributed by atoms with E-state index in [1.165, 1.54) is 5.56 Å². The van der Waals surface area contributed by atoms with Crippen molar-refractivity contribution in [3.8, 4) is 5.75 Å². The third-order valence-corrected chi connectivity index (χ3v) is 4.50. The zero-order valence-electron chi connectivity index (χ0n) is 10.4. The summed E-state index contributed by atoms with van der Waals surface area (Å²) in [5.41, 5.74) is 2.33. The summed E-state index contributed by atoms with van der Waals surface area (Å²) in [5.74, 6) is 2.37. The standard InChI is InChI=1S/C13H19NO2S/c1-10-4-5-13(16-2)11(8-10)12-9-17(15)7-3-6-14-12/h4-5,8,12,14H,3,6-7,9H2,1-2H3. The Bertz CT molecular complexity index is 420. The molecule has 1 aromatic carbocycles. The van der Waals surface area contributed by atoms with Crippen LogP contribution < -0.4 is 10.1 Å². The van der Waals surface area contributed by atoms with Crippen LogP contribution >= 0.6 is 0 Å². The molecule has 1 aromatic rings. The van der Waals surface area contributed by atoms with Crippen molar-refractivity contribution in [3.05, 3.63) is 29.3 Å². The number of aryl methyl sites for hydroxylation is 1. The summed E-state index contributed by atoms with van der Waals surface area (Å²) < 4.78 is 17.2. The van der Waals surface area contributed by atoms with Crippen molar-refractivity contribution in [2.45, 2.75) is 19.4 Å². The van der Waals surface area contributed by atoms with Crippen LogP contribution in [-0.2, 0) is 10.8 Å². The van der Waals surface area contributed by atoms with Crippen LogP contribution in [0.25, 0.3) is 0 Å². The van der Waals surface area contributed by atoms with Crippen LogP contribution in [-0.4, -0.2) is 29.4 Å². The van der Waals surface area contributed by atoms with Crippen molar-refractivity contribution in [1.82, 2.24) is 5.32 Å². The van der Waals surface area contributed by atoms with Crippen LogP contribution in [0.15, 0.2) is 18.2 Å². The second-order valence-corrected chi connectivity index (χ2v) is 6.04. The lowest BCUT2D eigenvalue weighted by atomic mass is 10.0. The van der Waals surface area contributed by atoms with Gasteiger partial charge in [0.25, 0.3) is 0 Å². The van der Waals surface area contributed by atoms with E-state index in [1.54, 1.807) is 7.11 Å². The minimum Gasteiger partial charge on any atom is -0.496 e. The summed E-state index contributed by atoms with van der Waals surface area (Å²) in [6, 6.07) is 6.29. The Morgan fingerprint density at radius 3 is 3.06 bits per heavy atom. The molecule has 4 heteroatoms. The summed E-state index contributed by atoms with van der Waals surface area (Å²) in [4.78, 5) is 0. The highest BCUT2D eigenvalue weighted by Gasteiger charge is 2.21. The zero-order chi connectivity index (χ0) is 12.3. The van der Waals surface area contributed by atoms with Crippen molar-refractivity contribution in [2.75, 3.05) is 25.2 Å². The van der Waals surface area contributed by atoms with Crippen molar-refractivity contribution in [3.63, 3.8) is 0 Å². The fraction of sp³-hybridized carbons (Fsp3) is 0.538. The molecule has 2 rings (SSSR count). The first-order valence-electron chi connectivity index (χ1n) is 5.93. The highest BCUT2D eigenvalue weighted by atomic mass is 32.2. The first-order chi connectivity index (χ1) is 8.20. The van der Waals surface area contributed by atoms with E-state index in [0.29, 0.717) is 5.75 Å². The Kier molecular flexibility index (Phi) is 4.18. The average Bonchev–Trinajstić information content (AvgIpc) is 2.54. The van der Waals surface area contributed by atoms with Gasteiger partial charge in [0.15, 0.2) is 0 Å². The van der Waals surface area contributed by atoms with Crippen LogP contribution in [0, 0.1) is 6.92 Å². The van der Waals surface area contributed by atoms with Crippen LogP contribution in [0.4, 0.5) is 0 Å². The molecule has 1 aliphatic heterocycles. The van der Waals surface area contributed by atoms with Gasteiger partial charge in [-0.1, -0.05) is 17.7 Å². The number of benzene rings is 1. The Hall–Kier alpha value is -0.870. The van der Waals surface area contributed by atoms with Gasteiger partial charge in [-0.3, -0.25) is 4.21 Å². The number of nitrogens with one attached hydrogen (secondary N) is 1. The van der Waals surface area contributed by atoms with Gasteiger partial charge in [-0.05, 0) is 26.0 Å². The molecule has 0 aliphatic carbocycles. The van der Waals surface area contributed by atoms with Crippen LogP contribution in [0.2, 0.25) is 0 Å². The molecule has 17 heavy (non-hydrogen) atoms. The fourth-order valence-corrected chi connectivity index (χ4v) is 3.47. The van der Waals surface area contributed by atoms with Gasteiger partial charge >= 0.3 is 0 Å². The number of hydrogen-bond donors (Lipinski definition) is 1. The molecule has 0 aromatic heterocycles. The van der Waals surface area contributed by atoms with Gasteiger partial charge in [-0.25, -0.2) is 0 Å². The predicted octanol–water partition coefficient (Wildman–Crippen LogP) is 1.79. The van der Waals surface area contributed by atoms with Gasteiger partial charge < -0.3 is 10.1 Å². The summed E-state index contributed by atoms with van der Waals surface area (Å²) >= 11 is 0. The van der Waals surface area contributed by atoms with Crippen molar-refractivity contribution in [2.24, 2.45) is 0 Å². The Labute approximate surface area is 105 Å². The van der Waals surface area contributed by atoms with Gasteiger partial charge in [0.1, 0.15) is 5.75 Å². The van der Waals surface area contributed by atoms with Crippen molar-refractivity contribution >= 4 is 10.8 Å². The van der Waals surface area contributed by atoms with Gasteiger partial charge in [0.05, 0.1) is 7.11 Å². The maximum atomic E-state index is 11.8. The van der Waals surface area contributed by atoms with E-state index in [2.05, 4.69) is 18.3 Å². The molecule has 1 saturated heterocycles. The minimum atomic E-state index is -0.723. The van der Waals surface area contributed by atoms with Crippen LogP contribution in [0.3, 0.4) is 0 Å². The van der Waals surface area contributed by atoms with Gasteiger partial charge in [0.2, 0.25) is 0 Å². The molecule has 0 spiro atoms. The highest BCUT2D eigenvalue weighted by molar-refractivity contribution is 7.85. The molecule has 1 N–H and O–H groups in total. The summed E-state index contributed by atoms with van der Waals surface area (Å²) in [6.45, 7) is 2.99. The number of methoxy groups -OCH3 is 1. The largest absolute Gasteiger partial charge is 0.496 e. The monoisotopic (exact) mass is 253 g/mol. The van der Waals surface area contributed by atoms with E-state index in [4.69, 9.17) is 4.74 Å². The van der Waals surface area contributed by atoms with E-state index < -0.39 is 10.8 Å². The molecule has 2 unspecified atom stereocenters. The molecular weight excluding hydrogens is 234 g/mol. The molecule has 1 aliphatic rings. The molecule has 1 heterocycles. The first-order valence-corrected chi connectivity index (χ1v) is 7.42. The zero-order valence-corrected chi connectivity index (χ0v) is 11.2. The molecule has 0 amide bonds. The summed E-state index contributed by atoms with van der Waals surface area (Å²) in [7, 11) is 0.959. The Morgan fingerprint density at radius 2 is 2.29 bits per heavy atom. The maximum absolute atomic E-state index is 11.8. The molecule has 1 fully saturated rings. The molecule has 3 nitrogen and oxygen atoms in total. The number of rotatable bonds is 2. The molecule has 0 bridgehead atoms. The molecular formula is C13H19NO2S. The first kappa shape index (κ1) is 12.6. The quantitative estimate of drug-likeness (QED) is 0.873. The highest BCUT2D eigenvalue weighted by Crippen LogP contribution is 2.27. The lowest BCUT2D eigenvalue weighted by Gasteiger charge is -2.19. The molecule has 2 atom stereocenters. The third kappa shape index (κ3) is 3.07. The van der Waals surface area contributed by atoms with E-state index in [0.717, 1.165) is 30.0 Å². The van der Waals surface area contributed by atoms with Gasteiger partial charge in [-0.2, -0.15) is 0 Å². The fourth-order valence-electron chi connectivity index (χ4n) is 2.16. The van der Waals surface area contributed by atoms with E-state index in [-0.39, 0.29) is 6.04 Å². The smallest absolute Gasteiger partial charge is 0.123 e. The topological polar surface area (TPSA) is 38.3 Å². The lowest BCUT2D eigenvalue weighted by molar-refractivity contribution is 0.402. The number of hydrogen-bond acceptors (Lipinski definition) is 3. The summed E-state index contributed by atoms with van der Waals surface area (Å²) in [5, 5.41) is 3.46. The molecule has 0 saturated carbocycles. The average molecular weight is 253 g/mol. The predicted molar refractivity (Wildman–Crippen MR) is 71.0 cm³/mol. The van der Waals surface area contributed by atoms with Crippen LogP contribution in [0.5, 0.6) is 5.75 Å². The van der Waals surface area contributed by atoms with E-state index in [9.17, 15) is 4.21 Å². The normalized spacial score (nSPS) is 25.3. The van der Waals surface area contributed by atoms with E-state index >= 15 is 0 Å². The van der Waals surface area contributed by atoms with E-state index in [1.807, 2.05) is 12.1 Å².